The van der Waals surface area contributed by atoms with Crippen molar-refractivity contribution in [3.8, 4) is 5.75 Å². The predicted octanol–water partition coefficient (Wildman–Crippen LogP) is 5.24. The third kappa shape index (κ3) is 4.29. The lowest BCUT2D eigenvalue weighted by Gasteiger charge is -2.06. The molecule has 0 spiro atoms. The number of furan rings is 1. The van der Waals surface area contributed by atoms with Crippen molar-refractivity contribution in [3.05, 3.63) is 58.1 Å². The molecule has 4 aromatic rings. The Kier molecular flexibility index (Phi) is 6.25. The second kappa shape index (κ2) is 9.08. The molecule has 0 aliphatic rings. The molecule has 4 rings (SSSR count). The van der Waals surface area contributed by atoms with Crippen molar-refractivity contribution in [1.82, 2.24) is 4.57 Å². The maximum atomic E-state index is 13.0. The van der Waals surface area contributed by atoms with Crippen LogP contribution in [0.3, 0.4) is 0 Å². The Labute approximate surface area is 184 Å². The van der Waals surface area contributed by atoms with E-state index in [-0.39, 0.29) is 5.76 Å². The van der Waals surface area contributed by atoms with Gasteiger partial charge >= 0.3 is 5.91 Å². The summed E-state index contributed by atoms with van der Waals surface area (Å²) in [6.07, 6.45) is 0. The Hall–Kier alpha value is -2.90. The average Bonchev–Trinajstić information content (AvgIpc) is 3.32. The van der Waals surface area contributed by atoms with E-state index >= 15 is 0 Å². The standard InChI is InChI=1S/C24H26N2O4S/c1-5-28-11-10-26-18-13-15(3)12-16(4)22(18)31-24(26)25-23(27)20-14-17-8-7-9-19(29-6-2)21(17)30-20/h7-9,12-14H,5-6,10-11H2,1-4H3. The molecule has 2 aromatic carbocycles. The van der Waals surface area contributed by atoms with E-state index in [2.05, 4.69) is 35.5 Å². The molecule has 7 heteroatoms. The summed E-state index contributed by atoms with van der Waals surface area (Å²) in [4.78, 5) is 18.1. The molecule has 1 amide bonds. The van der Waals surface area contributed by atoms with E-state index in [0.29, 0.717) is 42.5 Å². The van der Waals surface area contributed by atoms with E-state index in [4.69, 9.17) is 13.9 Å². The van der Waals surface area contributed by atoms with Crippen LogP contribution >= 0.6 is 11.3 Å². The maximum absolute atomic E-state index is 13.0. The molecule has 6 nitrogen and oxygen atoms in total. The van der Waals surface area contributed by atoms with E-state index in [1.54, 1.807) is 6.07 Å². The number of rotatable bonds is 7. The van der Waals surface area contributed by atoms with Crippen molar-refractivity contribution in [1.29, 1.82) is 0 Å². The molecule has 0 saturated heterocycles. The zero-order valence-corrected chi connectivity index (χ0v) is 19.0. The highest BCUT2D eigenvalue weighted by atomic mass is 32.1. The fourth-order valence-corrected chi connectivity index (χ4v) is 4.77. The molecule has 0 saturated carbocycles. The number of carbonyl (C=O) groups excluding carboxylic acids is 1. The van der Waals surface area contributed by atoms with Gasteiger partial charge in [-0.05, 0) is 57.0 Å². The minimum atomic E-state index is -0.412. The summed E-state index contributed by atoms with van der Waals surface area (Å²) >= 11 is 1.51. The van der Waals surface area contributed by atoms with Gasteiger partial charge in [0, 0.05) is 18.5 Å². The summed E-state index contributed by atoms with van der Waals surface area (Å²) in [6, 6.07) is 11.6. The number of ether oxygens (including phenoxy) is 2. The monoisotopic (exact) mass is 438 g/mol. The fraction of sp³-hybridized carbons (Fsp3) is 0.333. The number of thiazole rings is 1. The van der Waals surface area contributed by atoms with Crippen LogP contribution in [0.2, 0.25) is 0 Å². The zero-order valence-electron chi connectivity index (χ0n) is 18.2. The van der Waals surface area contributed by atoms with Crippen LogP contribution < -0.4 is 9.54 Å². The first-order chi connectivity index (χ1) is 15.0. The third-order valence-electron chi connectivity index (χ3n) is 4.99. The first-order valence-corrected chi connectivity index (χ1v) is 11.3. The van der Waals surface area contributed by atoms with Gasteiger partial charge in [0.15, 0.2) is 21.9 Å². The van der Waals surface area contributed by atoms with Crippen LogP contribution in [0.1, 0.15) is 35.5 Å². The van der Waals surface area contributed by atoms with E-state index in [0.717, 1.165) is 15.6 Å². The molecule has 0 unspecified atom stereocenters. The van der Waals surface area contributed by atoms with Gasteiger partial charge in [-0.1, -0.05) is 29.5 Å². The summed E-state index contributed by atoms with van der Waals surface area (Å²) < 4.78 is 20.2. The third-order valence-corrected chi connectivity index (χ3v) is 6.22. The van der Waals surface area contributed by atoms with Gasteiger partial charge in [0.2, 0.25) is 0 Å². The topological polar surface area (TPSA) is 66.0 Å². The number of aromatic nitrogens is 1. The summed E-state index contributed by atoms with van der Waals surface area (Å²) in [5, 5.41) is 0.816. The number of hydrogen-bond acceptors (Lipinski definition) is 5. The van der Waals surface area contributed by atoms with Gasteiger partial charge in [0.05, 0.1) is 23.4 Å². The minimum Gasteiger partial charge on any atom is -0.490 e. The van der Waals surface area contributed by atoms with Crippen LogP contribution in [-0.4, -0.2) is 30.3 Å². The lowest BCUT2D eigenvalue weighted by molar-refractivity contribution is 0.0972. The second-order valence-corrected chi connectivity index (χ2v) is 8.28. The Morgan fingerprint density at radius 3 is 2.77 bits per heavy atom. The van der Waals surface area contributed by atoms with Crippen molar-refractivity contribution in [2.75, 3.05) is 19.8 Å². The highest BCUT2D eigenvalue weighted by Crippen LogP contribution is 2.29. The molecule has 2 aromatic heterocycles. The highest BCUT2D eigenvalue weighted by Gasteiger charge is 2.16. The van der Waals surface area contributed by atoms with Gasteiger partial charge in [-0.3, -0.25) is 4.79 Å². The number of hydrogen-bond donors (Lipinski definition) is 0. The van der Waals surface area contributed by atoms with E-state index in [9.17, 15) is 4.79 Å². The van der Waals surface area contributed by atoms with E-state index < -0.39 is 5.91 Å². The number of fused-ring (bicyclic) bond motifs is 2. The molecule has 0 radical (unpaired) electrons. The summed E-state index contributed by atoms with van der Waals surface area (Å²) in [5.74, 6) is 0.410. The van der Waals surface area contributed by atoms with Gasteiger partial charge in [0.1, 0.15) is 0 Å². The molecule has 0 aliphatic heterocycles. The van der Waals surface area contributed by atoms with Crippen molar-refractivity contribution in [2.45, 2.75) is 34.2 Å². The largest absolute Gasteiger partial charge is 0.490 e. The van der Waals surface area contributed by atoms with Crippen LogP contribution in [0.15, 0.2) is 45.8 Å². The molecule has 162 valence electrons. The molecule has 0 bridgehead atoms. The number of nitrogens with zero attached hydrogens (tertiary/aromatic N) is 2. The fourth-order valence-electron chi connectivity index (χ4n) is 3.67. The van der Waals surface area contributed by atoms with Crippen LogP contribution in [0, 0.1) is 13.8 Å². The average molecular weight is 439 g/mol. The Morgan fingerprint density at radius 2 is 2.00 bits per heavy atom. The Morgan fingerprint density at radius 1 is 1.16 bits per heavy atom. The zero-order chi connectivity index (χ0) is 22.0. The van der Waals surface area contributed by atoms with Crippen LogP contribution in [0.4, 0.5) is 0 Å². The molecular weight excluding hydrogens is 412 g/mol. The van der Waals surface area contributed by atoms with Crippen LogP contribution in [0.5, 0.6) is 5.75 Å². The first kappa shape index (κ1) is 21.3. The van der Waals surface area contributed by atoms with Crippen molar-refractivity contribution < 1.29 is 18.7 Å². The lowest BCUT2D eigenvalue weighted by Crippen LogP contribution is -2.19. The van der Waals surface area contributed by atoms with Gasteiger partial charge < -0.3 is 18.5 Å². The first-order valence-electron chi connectivity index (χ1n) is 10.4. The highest BCUT2D eigenvalue weighted by molar-refractivity contribution is 7.16. The number of amides is 1. The second-order valence-electron chi connectivity index (χ2n) is 7.30. The maximum Gasteiger partial charge on any atom is 0.315 e. The molecule has 0 aliphatic carbocycles. The number of aryl methyl sites for hydroxylation is 2. The van der Waals surface area contributed by atoms with Crippen molar-refractivity contribution >= 4 is 38.4 Å². The Bertz CT molecular complexity index is 1310. The normalized spacial score (nSPS) is 12.2. The summed E-state index contributed by atoms with van der Waals surface area (Å²) in [6.45, 7) is 10.4. The summed E-state index contributed by atoms with van der Waals surface area (Å²) in [7, 11) is 0. The van der Waals surface area contributed by atoms with E-state index in [1.807, 2.05) is 32.0 Å². The molecule has 0 N–H and O–H groups in total. The smallest absolute Gasteiger partial charge is 0.315 e. The minimum absolute atomic E-state index is 0.198. The van der Waals surface area contributed by atoms with Crippen LogP contribution in [-0.2, 0) is 11.3 Å². The van der Waals surface area contributed by atoms with Crippen LogP contribution in [0.25, 0.3) is 21.2 Å². The quantitative estimate of drug-likeness (QED) is 0.370. The summed E-state index contributed by atoms with van der Waals surface area (Å²) in [5.41, 5.74) is 3.97. The number of para-hydroxylation sites is 1. The molecule has 0 atom stereocenters. The molecular formula is C24H26N2O4S. The molecule has 31 heavy (non-hydrogen) atoms. The van der Waals surface area contributed by atoms with Crippen molar-refractivity contribution in [2.24, 2.45) is 4.99 Å². The van der Waals surface area contributed by atoms with Gasteiger partial charge in [-0.15, -0.1) is 0 Å². The molecule has 2 heterocycles. The SMILES string of the molecule is CCOCCn1c(=NC(=O)c2cc3cccc(OCC)c3o2)sc2c(C)cc(C)cc21. The Balaban J connectivity index is 1.80. The van der Waals surface area contributed by atoms with Gasteiger partial charge in [-0.25, -0.2) is 0 Å². The lowest BCUT2D eigenvalue weighted by atomic mass is 10.1. The van der Waals surface area contributed by atoms with E-state index in [1.165, 1.54) is 22.5 Å². The predicted molar refractivity (Wildman–Crippen MR) is 123 cm³/mol. The van der Waals surface area contributed by atoms with Crippen molar-refractivity contribution in [3.63, 3.8) is 0 Å². The van der Waals surface area contributed by atoms with Gasteiger partial charge in [-0.2, -0.15) is 4.99 Å². The number of benzene rings is 2. The van der Waals surface area contributed by atoms with Gasteiger partial charge in [0.25, 0.3) is 0 Å². The number of carbonyl (C=O) groups is 1. The molecule has 0 fully saturated rings.